The lowest BCUT2D eigenvalue weighted by Crippen LogP contribution is -2.44. The summed E-state index contributed by atoms with van der Waals surface area (Å²) in [5.74, 6) is 1.48. The summed E-state index contributed by atoms with van der Waals surface area (Å²) in [6.07, 6.45) is 2.68. The number of carboxylic acids is 1. The Hall–Kier alpha value is -0.940. The van der Waals surface area contributed by atoms with Crippen LogP contribution in [0.5, 0.6) is 0 Å². The normalized spacial score (nSPS) is 19.5. The maximum atomic E-state index is 11.3. The topological polar surface area (TPSA) is 59.7 Å². The van der Waals surface area contributed by atoms with Crippen LogP contribution in [0.3, 0.4) is 0 Å². The first-order valence-corrected chi connectivity index (χ1v) is 6.36. The van der Waals surface area contributed by atoms with Gasteiger partial charge in [0, 0.05) is 0 Å². The lowest BCUT2D eigenvalue weighted by Gasteiger charge is -2.32. The highest BCUT2D eigenvalue weighted by atomic mass is 32.2. The van der Waals surface area contributed by atoms with Crippen LogP contribution >= 0.6 is 11.8 Å². The fraction of sp³-hybridized carbons (Fsp3) is 0.545. The number of rotatable bonds is 4. The highest BCUT2D eigenvalue weighted by Gasteiger charge is 2.41. The van der Waals surface area contributed by atoms with Crippen LogP contribution in [0.25, 0.3) is 0 Å². The molecule has 0 aliphatic carbocycles. The van der Waals surface area contributed by atoms with Gasteiger partial charge in [0.2, 0.25) is 0 Å². The van der Waals surface area contributed by atoms with Crippen molar-refractivity contribution in [1.82, 2.24) is 0 Å². The van der Waals surface area contributed by atoms with Crippen LogP contribution in [0.2, 0.25) is 0 Å². The lowest BCUT2D eigenvalue weighted by atomic mass is 9.97. The predicted octanol–water partition coefficient (Wildman–Crippen LogP) is 2.15. The average molecular weight is 242 g/mol. The Bertz CT molecular complexity index is 341. The number of thioether (sulfide) groups is 1. The maximum absolute atomic E-state index is 11.3. The summed E-state index contributed by atoms with van der Waals surface area (Å²) >= 11 is 1.77. The van der Waals surface area contributed by atoms with Crippen molar-refractivity contribution in [1.29, 1.82) is 0 Å². The summed E-state index contributed by atoms with van der Waals surface area (Å²) in [6, 6.07) is 3.55. The summed E-state index contributed by atoms with van der Waals surface area (Å²) in [7, 11) is 0. The van der Waals surface area contributed by atoms with Crippen LogP contribution in [0.1, 0.15) is 18.6 Å². The molecular formula is C11H14O4S. The monoisotopic (exact) mass is 242 g/mol. The molecular weight excluding hydrogens is 228 g/mol. The molecule has 1 aliphatic heterocycles. The summed E-state index contributed by atoms with van der Waals surface area (Å²) in [6.45, 7) is 0.226. The predicted molar refractivity (Wildman–Crippen MR) is 60.4 cm³/mol. The molecule has 0 aromatic carbocycles. The van der Waals surface area contributed by atoms with E-state index in [0.29, 0.717) is 18.6 Å². The molecule has 0 unspecified atom stereocenters. The summed E-state index contributed by atoms with van der Waals surface area (Å²) < 4.78 is 10.7. The fourth-order valence-corrected chi connectivity index (χ4v) is 2.88. The van der Waals surface area contributed by atoms with Gasteiger partial charge in [-0.3, -0.25) is 0 Å². The van der Waals surface area contributed by atoms with Gasteiger partial charge in [-0.15, -0.1) is 0 Å². The number of hydrogen-bond donors (Lipinski definition) is 1. The van der Waals surface area contributed by atoms with Crippen LogP contribution in [-0.2, 0) is 16.1 Å². The molecule has 0 amide bonds. The average Bonchev–Trinajstić information content (AvgIpc) is 2.80. The van der Waals surface area contributed by atoms with Crippen molar-refractivity contribution in [3.05, 3.63) is 24.2 Å². The molecule has 0 atom stereocenters. The molecule has 0 bridgehead atoms. The van der Waals surface area contributed by atoms with Crippen molar-refractivity contribution >= 4 is 17.7 Å². The van der Waals surface area contributed by atoms with Crippen LogP contribution < -0.4 is 0 Å². The molecule has 1 N–H and O–H groups in total. The van der Waals surface area contributed by atoms with E-state index in [1.807, 2.05) is 0 Å². The number of carbonyl (C=O) groups is 1. The van der Waals surface area contributed by atoms with E-state index in [2.05, 4.69) is 0 Å². The first-order valence-electron chi connectivity index (χ1n) is 5.20. The molecule has 2 heterocycles. The number of carboxylic acid groups (broad SMARTS) is 1. The second-order valence-corrected chi connectivity index (χ2v) is 5.00. The lowest BCUT2D eigenvalue weighted by molar-refractivity contribution is -0.169. The number of ether oxygens (including phenoxy) is 1. The van der Waals surface area contributed by atoms with Crippen LogP contribution in [-0.4, -0.2) is 28.2 Å². The zero-order chi connectivity index (χ0) is 11.4. The third-order valence-corrected chi connectivity index (χ3v) is 3.75. The van der Waals surface area contributed by atoms with Gasteiger partial charge in [-0.1, -0.05) is 0 Å². The smallest absolute Gasteiger partial charge is 0.336 e. The second kappa shape index (κ2) is 4.93. The van der Waals surface area contributed by atoms with Gasteiger partial charge < -0.3 is 14.3 Å². The molecule has 0 radical (unpaired) electrons. The van der Waals surface area contributed by atoms with Gasteiger partial charge in [-0.2, -0.15) is 11.8 Å². The van der Waals surface area contributed by atoms with E-state index in [1.54, 1.807) is 30.2 Å². The minimum atomic E-state index is -1.02. The zero-order valence-corrected chi connectivity index (χ0v) is 9.66. The Morgan fingerprint density at radius 3 is 2.88 bits per heavy atom. The standard InChI is InChI=1S/C11H14O4S/c12-10(13)11(3-6-16-7-4-11)15-8-9-2-1-5-14-9/h1-2,5H,3-4,6-8H2,(H,12,13). The molecule has 5 heteroatoms. The summed E-state index contributed by atoms with van der Waals surface area (Å²) in [4.78, 5) is 11.3. The minimum absolute atomic E-state index is 0.226. The molecule has 4 nitrogen and oxygen atoms in total. The largest absolute Gasteiger partial charge is 0.479 e. The Morgan fingerprint density at radius 2 is 2.31 bits per heavy atom. The Labute approximate surface area is 98.0 Å². The van der Waals surface area contributed by atoms with Crippen LogP contribution in [0.15, 0.2) is 22.8 Å². The first-order chi connectivity index (χ1) is 7.73. The van der Waals surface area contributed by atoms with Crippen molar-refractivity contribution in [3.63, 3.8) is 0 Å². The van der Waals surface area contributed by atoms with Crippen molar-refractivity contribution in [2.24, 2.45) is 0 Å². The molecule has 1 aromatic heterocycles. The Balaban J connectivity index is 2.00. The van der Waals surface area contributed by atoms with Crippen LogP contribution in [0, 0.1) is 0 Å². The third-order valence-electron chi connectivity index (χ3n) is 2.76. The molecule has 16 heavy (non-hydrogen) atoms. The van der Waals surface area contributed by atoms with Gasteiger partial charge in [-0.05, 0) is 36.5 Å². The molecule has 1 saturated heterocycles. The van der Waals surface area contributed by atoms with Crippen molar-refractivity contribution in [3.8, 4) is 0 Å². The Morgan fingerprint density at radius 1 is 1.56 bits per heavy atom. The summed E-state index contributed by atoms with van der Waals surface area (Å²) in [5, 5.41) is 9.25. The molecule has 1 aromatic rings. The third kappa shape index (κ3) is 2.41. The SMILES string of the molecule is O=C(O)C1(OCc2ccco2)CCSCC1. The first kappa shape index (κ1) is 11.5. The highest BCUT2D eigenvalue weighted by molar-refractivity contribution is 7.99. The number of furan rings is 1. The van der Waals surface area contributed by atoms with Crippen molar-refractivity contribution in [2.45, 2.75) is 25.0 Å². The number of aliphatic carboxylic acids is 1. The molecule has 0 spiro atoms. The number of hydrogen-bond acceptors (Lipinski definition) is 4. The second-order valence-electron chi connectivity index (χ2n) is 3.78. The fourth-order valence-electron chi connectivity index (χ4n) is 1.73. The van der Waals surface area contributed by atoms with E-state index in [0.717, 1.165) is 11.5 Å². The van der Waals surface area contributed by atoms with E-state index >= 15 is 0 Å². The van der Waals surface area contributed by atoms with E-state index in [9.17, 15) is 9.90 Å². The summed E-state index contributed by atoms with van der Waals surface area (Å²) in [5.41, 5.74) is -1.02. The molecule has 1 fully saturated rings. The van der Waals surface area contributed by atoms with Gasteiger partial charge in [-0.25, -0.2) is 4.79 Å². The molecule has 2 rings (SSSR count). The van der Waals surface area contributed by atoms with E-state index in [-0.39, 0.29) is 6.61 Å². The highest BCUT2D eigenvalue weighted by Crippen LogP contribution is 2.31. The van der Waals surface area contributed by atoms with Crippen molar-refractivity contribution in [2.75, 3.05) is 11.5 Å². The van der Waals surface area contributed by atoms with E-state index < -0.39 is 11.6 Å². The maximum Gasteiger partial charge on any atom is 0.336 e. The van der Waals surface area contributed by atoms with Gasteiger partial charge in [0.05, 0.1) is 6.26 Å². The van der Waals surface area contributed by atoms with E-state index in [1.165, 1.54) is 0 Å². The Kier molecular flexibility index (Phi) is 3.56. The zero-order valence-electron chi connectivity index (χ0n) is 8.85. The molecule has 88 valence electrons. The molecule has 0 saturated carbocycles. The van der Waals surface area contributed by atoms with Gasteiger partial charge in [0.25, 0.3) is 0 Å². The van der Waals surface area contributed by atoms with Gasteiger partial charge in [0.1, 0.15) is 12.4 Å². The van der Waals surface area contributed by atoms with E-state index in [4.69, 9.17) is 9.15 Å². The quantitative estimate of drug-likeness (QED) is 0.876. The van der Waals surface area contributed by atoms with Gasteiger partial charge >= 0.3 is 5.97 Å². The minimum Gasteiger partial charge on any atom is -0.479 e. The van der Waals surface area contributed by atoms with Crippen LogP contribution in [0.4, 0.5) is 0 Å². The molecule has 1 aliphatic rings. The van der Waals surface area contributed by atoms with Crippen molar-refractivity contribution < 1.29 is 19.1 Å². The van der Waals surface area contributed by atoms with Gasteiger partial charge in [0.15, 0.2) is 5.60 Å².